The molecule has 2 aromatic rings. The summed E-state index contributed by atoms with van der Waals surface area (Å²) in [5, 5.41) is 11.9. The minimum absolute atomic E-state index is 0.230. The summed E-state index contributed by atoms with van der Waals surface area (Å²) in [6, 6.07) is 8.71. The van der Waals surface area contributed by atoms with Gasteiger partial charge in [0.15, 0.2) is 0 Å². The molecule has 0 aliphatic heterocycles. The summed E-state index contributed by atoms with van der Waals surface area (Å²) in [6.07, 6.45) is 1.05. The molecule has 0 fully saturated rings. The Morgan fingerprint density at radius 1 is 1.21 bits per heavy atom. The molecule has 0 amide bonds. The number of hydrogen-bond donors (Lipinski definition) is 1. The molecule has 0 aliphatic carbocycles. The van der Waals surface area contributed by atoms with Crippen molar-refractivity contribution in [1.29, 1.82) is 0 Å². The number of rotatable bonds is 5. The molecule has 1 aromatic heterocycles. The van der Waals surface area contributed by atoms with Crippen LogP contribution in [0.15, 0.2) is 24.3 Å². The molecule has 0 aliphatic rings. The van der Waals surface area contributed by atoms with Crippen LogP contribution in [0.25, 0.3) is 5.69 Å². The molecule has 1 aromatic carbocycles. The number of nitrogens with one attached hydrogen (secondary N) is 1. The minimum Gasteiger partial charge on any atom is -0.309 e. The summed E-state index contributed by atoms with van der Waals surface area (Å²) in [7, 11) is 0. The zero-order valence-electron chi connectivity index (χ0n) is 12.1. The Kier molecular flexibility index (Phi) is 4.32. The Balaban J connectivity index is 2.30. The Morgan fingerprint density at radius 2 is 1.89 bits per heavy atom. The van der Waals surface area contributed by atoms with Crippen LogP contribution < -0.4 is 5.32 Å². The fraction of sp³-hybridized carbons (Fsp3) is 0.467. The summed E-state index contributed by atoms with van der Waals surface area (Å²) >= 11 is 0. The molecule has 4 heteroatoms. The van der Waals surface area contributed by atoms with Crippen molar-refractivity contribution in [2.45, 2.75) is 40.2 Å². The van der Waals surface area contributed by atoms with Crippen LogP contribution in [-0.2, 0) is 6.42 Å². The zero-order chi connectivity index (χ0) is 13.8. The standard InChI is InChI=1S/C15H22N4/c1-5-13-7-9-14(10-8-13)19-12(4)15(17-18-19)11(3)16-6-2/h7-11,16H,5-6H2,1-4H3. The highest BCUT2D eigenvalue weighted by Gasteiger charge is 2.15. The molecule has 0 bridgehead atoms. The first-order chi connectivity index (χ1) is 9.17. The summed E-state index contributed by atoms with van der Waals surface area (Å²) in [4.78, 5) is 0. The van der Waals surface area contributed by atoms with E-state index in [9.17, 15) is 0 Å². The van der Waals surface area contributed by atoms with Gasteiger partial charge in [0.05, 0.1) is 17.4 Å². The summed E-state index contributed by atoms with van der Waals surface area (Å²) in [6.45, 7) is 9.37. The molecule has 1 atom stereocenters. The average molecular weight is 258 g/mol. The molecule has 1 unspecified atom stereocenters. The molecule has 2 rings (SSSR count). The van der Waals surface area contributed by atoms with Gasteiger partial charge in [0.2, 0.25) is 0 Å². The van der Waals surface area contributed by atoms with Gasteiger partial charge in [0.1, 0.15) is 5.69 Å². The third-order valence-electron chi connectivity index (χ3n) is 3.44. The third-order valence-corrected chi connectivity index (χ3v) is 3.44. The van der Waals surface area contributed by atoms with Crippen LogP contribution in [0.1, 0.15) is 43.8 Å². The second kappa shape index (κ2) is 5.97. The van der Waals surface area contributed by atoms with Crippen LogP contribution in [0.4, 0.5) is 0 Å². The maximum Gasteiger partial charge on any atom is 0.103 e. The van der Waals surface area contributed by atoms with Crippen LogP contribution >= 0.6 is 0 Å². The number of nitrogens with zero attached hydrogens (tertiary/aromatic N) is 3. The lowest BCUT2D eigenvalue weighted by Gasteiger charge is -2.10. The van der Waals surface area contributed by atoms with Gasteiger partial charge in [-0.15, -0.1) is 5.10 Å². The summed E-state index contributed by atoms with van der Waals surface area (Å²) in [5.41, 5.74) is 4.51. The van der Waals surface area contributed by atoms with Gasteiger partial charge < -0.3 is 5.32 Å². The molecule has 0 spiro atoms. The fourth-order valence-electron chi connectivity index (χ4n) is 2.26. The monoisotopic (exact) mass is 258 g/mol. The highest BCUT2D eigenvalue weighted by atomic mass is 15.4. The van der Waals surface area contributed by atoms with Gasteiger partial charge in [0, 0.05) is 0 Å². The van der Waals surface area contributed by atoms with E-state index in [1.54, 1.807) is 0 Å². The lowest BCUT2D eigenvalue weighted by Crippen LogP contribution is -2.19. The molecule has 0 saturated carbocycles. The average Bonchev–Trinajstić information content (AvgIpc) is 2.81. The van der Waals surface area contributed by atoms with Gasteiger partial charge in [-0.3, -0.25) is 0 Å². The van der Waals surface area contributed by atoms with E-state index in [1.165, 1.54) is 5.56 Å². The van der Waals surface area contributed by atoms with E-state index in [2.05, 4.69) is 67.6 Å². The molecule has 4 nitrogen and oxygen atoms in total. The number of benzene rings is 1. The van der Waals surface area contributed by atoms with Crippen LogP contribution in [0, 0.1) is 6.92 Å². The Hall–Kier alpha value is -1.68. The molecule has 0 radical (unpaired) electrons. The quantitative estimate of drug-likeness (QED) is 0.896. The van der Waals surface area contributed by atoms with Crippen molar-refractivity contribution in [2.24, 2.45) is 0 Å². The van der Waals surface area contributed by atoms with Crippen molar-refractivity contribution in [1.82, 2.24) is 20.3 Å². The maximum atomic E-state index is 4.30. The van der Waals surface area contributed by atoms with Crippen molar-refractivity contribution >= 4 is 0 Å². The van der Waals surface area contributed by atoms with Crippen LogP contribution in [0.2, 0.25) is 0 Å². The number of aromatic nitrogens is 3. The maximum absolute atomic E-state index is 4.30. The third kappa shape index (κ3) is 2.84. The predicted molar refractivity (Wildman–Crippen MR) is 77.6 cm³/mol. The van der Waals surface area contributed by atoms with Gasteiger partial charge >= 0.3 is 0 Å². The second-order valence-corrected chi connectivity index (χ2v) is 4.77. The highest BCUT2D eigenvalue weighted by Crippen LogP contribution is 2.18. The van der Waals surface area contributed by atoms with Crippen molar-refractivity contribution < 1.29 is 0 Å². The zero-order valence-corrected chi connectivity index (χ0v) is 12.1. The molecule has 19 heavy (non-hydrogen) atoms. The fourth-order valence-corrected chi connectivity index (χ4v) is 2.26. The van der Waals surface area contributed by atoms with Gasteiger partial charge in [-0.2, -0.15) is 0 Å². The van der Waals surface area contributed by atoms with Gasteiger partial charge in [-0.1, -0.05) is 31.2 Å². The predicted octanol–water partition coefficient (Wildman–Crippen LogP) is 2.81. The molecule has 102 valence electrons. The van der Waals surface area contributed by atoms with Crippen LogP contribution in [0.5, 0.6) is 0 Å². The Morgan fingerprint density at radius 3 is 2.47 bits per heavy atom. The van der Waals surface area contributed by atoms with E-state index in [0.29, 0.717) is 0 Å². The van der Waals surface area contributed by atoms with Crippen LogP contribution in [-0.4, -0.2) is 21.5 Å². The minimum atomic E-state index is 0.230. The van der Waals surface area contributed by atoms with Crippen LogP contribution in [0.3, 0.4) is 0 Å². The van der Waals surface area contributed by atoms with Crippen molar-refractivity contribution in [2.75, 3.05) is 6.54 Å². The second-order valence-electron chi connectivity index (χ2n) is 4.77. The Bertz CT molecular complexity index is 528. The van der Waals surface area contributed by atoms with Gasteiger partial charge in [0.25, 0.3) is 0 Å². The normalized spacial score (nSPS) is 12.6. The molecule has 1 heterocycles. The first-order valence-electron chi connectivity index (χ1n) is 6.92. The largest absolute Gasteiger partial charge is 0.309 e. The number of aryl methyl sites for hydroxylation is 1. The molecular weight excluding hydrogens is 236 g/mol. The SMILES string of the molecule is CCNC(C)c1nnn(-c2ccc(CC)cc2)c1C. The lowest BCUT2D eigenvalue weighted by atomic mass is 10.1. The van der Waals surface area contributed by atoms with E-state index in [1.807, 2.05) is 4.68 Å². The van der Waals surface area contributed by atoms with E-state index < -0.39 is 0 Å². The van der Waals surface area contributed by atoms with E-state index in [4.69, 9.17) is 0 Å². The van der Waals surface area contributed by atoms with E-state index in [-0.39, 0.29) is 6.04 Å². The van der Waals surface area contributed by atoms with Crippen molar-refractivity contribution in [3.8, 4) is 5.69 Å². The first-order valence-corrected chi connectivity index (χ1v) is 6.92. The Labute approximate surface area is 114 Å². The summed E-state index contributed by atoms with van der Waals surface area (Å²) in [5.74, 6) is 0. The smallest absolute Gasteiger partial charge is 0.103 e. The van der Waals surface area contributed by atoms with Crippen molar-refractivity contribution in [3.05, 3.63) is 41.2 Å². The lowest BCUT2D eigenvalue weighted by molar-refractivity contribution is 0.579. The van der Waals surface area contributed by atoms with Gasteiger partial charge in [-0.05, 0) is 44.5 Å². The topological polar surface area (TPSA) is 42.7 Å². The van der Waals surface area contributed by atoms with E-state index in [0.717, 1.165) is 30.0 Å². The molecular formula is C15H22N4. The van der Waals surface area contributed by atoms with E-state index >= 15 is 0 Å². The summed E-state index contributed by atoms with van der Waals surface area (Å²) < 4.78 is 1.91. The first kappa shape index (κ1) is 13.7. The van der Waals surface area contributed by atoms with Crippen molar-refractivity contribution in [3.63, 3.8) is 0 Å². The molecule has 1 N–H and O–H groups in total. The van der Waals surface area contributed by atoms with Gasteiger partial charge in [-0.25, -0.2) is 4.68 Å². The molecule has 0 saturated heterocycles. The highest BCUT2D eigenvalue weighted by molar-refractivity contribution is 5.36. The number of hydrogen-bond acceptors (Lipinski definition) is 3.